The van der Waals surface area contributed by atoms with Gasteiger partial charge in [-0.2, -0.15) is 0 Å². The SMILES string of the molecule is CC(NC(=O)CC1(CN)CCCCC1)C(=O)Nc1ccccc1. The Morgan fingerprint density at radius 2 is 1.83 bits per heavy atom. The molecule has 0 saturated heterocycles. The summed E-state index contributed by atoms with van der Waals surface area (Å²) in [5.41, 5.74) is 6.56. The van der Waals surface area contributed by atoms with Crippen LogP contribution in [-0.4, -0.2) is 24.4 Å². The first-order valence-corrected chi connectivity index (χ1v) is 8.40. The van der Waals surface area contributed by atoms with Crippen LogP contribution in [0.15, 0.2) is 30.3 Å². The molecule has 2 amide bonds. The van der Waals surface area contributed by atoms with Crippen molar-refractivity contribution in [3.63, 3.8) is 0 Å². The van der Waals surface area contributed by atoms with E-state index in [1.165, 1.54) is 6.42 Å². The number of carbonyl (C=O) groups excluding carboxylic acids is 2. The maximum Gasteiger partial charge on any atom is 0.246 e. The Morgan fingerprint density at radius 1 is 1.17 bits per heavy atom. The molecule has 0 aliphatic heterocycles. The smallest absolute Gasteiger partial charge is 0.246 e. The summed E-state index contributed by atoms with van der Waals surface area (Å²) >= 11 is 0. The Morgan fingerprint density at radius 3 is 2.43 bits per heavy atom. The van der Waals surface area contributed by atoms with Gasteiger partial charge in [0, 0.05) is 12.1 Å². The Balaban J connectivity index is 1.85. The fraction of sp³-hybridized carbons (Fsp3) is 0.556. The number of amides is 2. The van der Waals surface area contributed by atoms with Gasteiger partial charge >= 0.3 is 0 Å². The molecule has 0 radical (unpaired) electrons. The zero-order valence-electron chi connectivity index (χ0n) is 13.8. The fourth-order valence-electron chi connectivity index (χ4n) is 3.23. The predicted molar refractivity (Wildman–Crippen MR) is 91.9 cm³/mol. The van der Waals surface area contributed by atoms with E-state index in [1.54, 1.807) is 6.92 Å². The first kappa shape index (κ1) is 17.5. The third kappa shape index (κ3) is 5.06. The molecule has 1 saturated carbocycles. The van der Waals surface area contributed by atoms with Crippen LogP contribution in [0.2, 0.25) is 0 Å². The van der Waals surface area contributed by atoms with E-state index in [-0.39, 0.29) is 17.2 Å². The fourth-order valence-corrected chi connectivity index (χ4v) is 3.23. The molecule has 5 heteroatoms. The van der Waals surface area contributed by atoms with Crippen molar-refractivity contribution in [3.05, 3.63) is 30.3 Å². The molecule has 1 aromatic rings. The van der Waals surface area contributed by atoms with Crippen LogP contribution in [0.25, 0.3) is 0 Å². The predicted octanol–water partition coefficient (Wildman–Crippen LogP) is 2.43. The lowest BCUT2D eigenvalue weighted by molar-refractivity contribution is -0.128. The van der Waals surface area contributed by atoms with Crippen molar-refractivity contribution in [2.45, 2.75) is 51.5 Å². The monoisotopic (exact) mass is 317 g/mol. The number of nitrogens with two attached hydrogens (primary N) is 1. The van der Waals surface area contributed by atoms with Crippen LogP contribution in [0.5, 0.6) is 0 Å². The van der Waals surface area contributed by atoms with Gasteiger partial charge in [-0.1, -0.05) is 37.5 Å². The summed E-state index contributed by atoms with van der Waals surface area (Å²) in [5, 5.41) is 5.60. The molecule has 1 aliphatic carbocycles. The topological polar surface area (TPSA) is 84.2 Å². The quantitative estimate of drug-likeness (QED) is 0.753. The second-order valence-corrected chi connectivity index (χ2v) is 6.59. The van der Waals surface area contributed by atoms with Crippen LogP contribution in [0.3, 0.4) is 0 Å². The van der Waals surface area contributed by atoms with E-state index < -0.39 is 6.04 Å². The number of nitrogens with one attached hydrogen (secondary N) is 2. The Hall–Kier alpha value is -1.88. The number of hydrogen-bond acceptors (Lipinski definition) is 3. The van der Waals surface area contributed by atoms with Gasteiger partial charge < -0.3 is 16.4 Å². The average Bonchev–Trinajstić information content (AvgIpc) is 2.56. The maximum absolute atomic E-state index is 12.3. The highest BCUT2D eigenvalue weighted by Crippen LogP contribution is 2.38. The molecule has 0 spiro atoms. The van der Waals surface area contributed by atoms with E-state index in [2.05, 4.69) is 10.6 Å². The van der Waals surface area contributed by atoms with Gasteiger partial charge in [0.15, 0.2) is 0 Å². The molecule has 1 aromatic carbocycles. The Kier molecular flexibility index (Phi) is 6.16. The van der Waals surface area contributed by atoms with Crippen molar-refractivity contribution in [2.24, 2.45) is 11.1 Å². The molecule has 4 N–H and O–H groups in total. The normalized spacial score (nSPS) is 18.0. The van der Waals surface area contributed by atoms with Crippen molar-refractivity contribution < 1.29 is 9.59 Å². The van der Waals surface area contributed by atoms with Crippen LogP contribution < -0.4 is 16.4 Å². The van der Waals surface area contributed by atoms with Crippen molar-refractivity contribution in [1.82, 2.24) is 5.32 Å². The lowest BCUT2D eigenvalue weighted by atomic mass is 9.71. The van der Waals surface area contributed by atoms with E-state index in [1.807, 2.05) is 30.3 Å². The maximum atomic E-state index is 12.3. The van der Waals surface area contributed by atoms with Crippen molar-refractivity contribution in [2.75, 3.05) is 11.9 Å². The summed E-state index contributed by atoms with van der Waals surface area (Å²) in [5.74, 6) is -0.303. The summed E-state index contributed by atoms with van der Waals surface area (Å²) in [6.07, 6.45) is 5.90. The number of anilines is 1. The lowest BCUT2D eigenvalue weighted by Crippen LogP contribution is -2.45. The number of carbonyl (C=O) groups is 2. The molecule has 0 bridgehead atoms. The number of rotatable bonds is 6. The van der Waals surface area contributed by atoms with Gasteiger partial charge in [-0.15, -0.1) is 0 Å². The number of para-hydroxylation sites is 1. The molecule has 5 nitrogen and oxygen atoms in total. The zero-order valence-corrected chi connectivity index (χ0v) is 13.8. The van der Waals surface area contributed by atoms with Gasteiger partial charge in [0.05, 0.1) is 0 Å². The first-order chi connectivity index (χ1) is 11.0. The third-order valence-electron chi connectivity index (χ3n) is 4.69. The minimum atomic E-state index is -0.568. The van der Waals surface area contributed by atoms with Gasteiger partial charge in [0.1, 0.15) is 6.04 Å². The summed E-state index contributed by atoms with van der Waals surface area (Å²) in [6.45, 7) is 2.23. The Bertz CT molecular complexity index is 524. The van der Waals surface area contributed by atoms with E-state index >= 15 is 0 Å². The summed E-state index contributed by atoms with van der Waals surface area (Å²) in [4.78, 5) is 24.4. The summed E-state index contributed by atoms with van der Waals surface area (Å²) in [6, 6.07) is 8.66. The van der Waals surface area contributed by atoms with Crippen LogP contribution in [-0.2, 0) is 9.59 Å². The van der Waals surface area contributed by atoms with Gasteiger partial charge in [-0.05, 0) is 43.9 Å². The molecule has 1 aliphatic rings. The second kappa shape index (κ2) is 8.11. The second-order valence-electron chi connectivity index (χ2n) is 6.59. The van der Waals surface area contributed by atoms with E-state index in [4.69, 9.17) is 5.73 Å². The number of hydrogen-bond donors (Lipinski definition) is 3. The molecule has 2 rings (SSSR count). The van der Waals surface area contributed by atoms with Gasteiger partial charge in [0.25, 0.3) is 0 Å². The van der Waals surface area contributed by atoms with Crippen molar-refractivity contribution in [1.29, 1.82) is 0 Å². The van der Waals surface area contributed by atoms with Gasteiger partial charge in [-0.3, -0.25) is 9.59 Å². The minimum Gasteiger partial charge on any atom is -0.345 e. The lowest BCUT2D eigenvalue weighted by Gasteiger charge is -2.35. The van der Waals surface area contributed by atoms with Crippen molar-refractivity contribution >= 4 is 17.5 Å². The largest absolute Gasteiger partial charge is 0.345 e. The van der Waals surface area contributed by atoms with Crippen molar-refractivity contribution in [3.8, 4) is 0 Å². The van der Waals surface area contributed by atoms with Gasteiger partial charge in [0.2, 0.25) is 11.8 Å². The van der Waals surface area contributed by atoms with E-state index in [0.29, 0.717) is 13.0 Å². The highest BCUT2D eigenvalue weighted by Gasteiger charge is 2.33. The van der Waals surface area contributed by atoms with Crippen LogP contribution in [0, 0.1) is 5.41 Å². The first-order valence-electron chi connectivity index (χ1n) is 8.40. The average molecular weight is 317 g/mol. The summed E-state index contributed by atoms with van der Waals surface area (Å²) < 4.78 is 0. The van der Waals surface area contributed by atoms with Crippen LogP contribution >= 0.6 is 0 Å². The van der Waals surface area contributed by atoms with E-state index in [0.717, 1.165) is 31.4 Å². The van der Waals surface area contributed by atoms with Gasteiger partial charge in [-0.25, -0.2) is 0 Å². The molecule has 1 unspecified atom stereocenters. The number of benzene rings is 1. The molecule has 0 aromatic heterocycles. The zero-order chi connectivity index (χ0) is 16.7. The third-order valence-corrected chi connectivity index (χ3v) is 4.69. The highest BCUT2D eigenvalue weighted by atomic mass is 16.2. The van der Waals surface area contributed by atoms with Crippen LogP contribution in [0.4, 0.5) is 5.69 Å². The highest BCUT2D eigenvalue weighted by molar-refractivity contribution is 5.96. The Labute approximate surface area is 138 Å². The summed E-state index contributed by atoms with van der Waals surface area (Å²) in [7, 11) is 0. The standard InChI is InChI=1S/C18H27N3O2/c1-14(17(23)21-15-8-4-2-5-9-15)20-16(22)12-18(13-19)10-6-3-7-11-18/h2,4-5,8-9,14H,3,6-7,10-13,19H2,1H3,(H,20,22)(H,21,23). The minimum absolute atomic E-state index is 0.0854. The van der Waals surface area contributed by atoms with E-state index in [9.17, 15) is 9.59 Å². The molecule has 0 heterocycles. The molecular formula is C18H27N3O2. The molecule has 1 fully saturated rings. The van der Waals surface area contributed by atoms with Crippen LogP contribution in [0.1, 0.15) is 45.4 Å². The molecule has 23 heavy (non-hydrogen) atoms. The molecule has 1 atom stereocenters. The molecular weight excluding hydrogens is 290 g/mol. The molecule has 126 valence electrons.